The molecule has 0 spiro atoms. The van der Waals surface area contributed by atoms with Crippen LogP contribution < -0.4 is 0 Å². The van der Waals surface area contributed by atoms with Crippen LogP contribution in [-0.4, -0.2) is 77.8 Å². The van der Waals surface area contributed by atoms with E-state index in [-0.39, 0.29) is 6.03 Å². The number of hydrogen-bond acceptors (Lipinski definition) is 4. The van der Waals surface area contributed by atoms with Crippen molar-refractivity contribution in [3.05, 3.63) is 11.6 Å². The Hall–Kier alpha value is -1.21. The van der Waals surface area contributed by atoms with Crippen LogP contribution in [-0.2, 0) is 9.53 Å². The highest BCUT2D eigenvalue weighted by molar-refractivity contribution is 7.99. The molecule has 6 nitrogen and oxygen atoms in total. The fourth-order valence-corrected chi connectivity index (χ4v) is 3.46. The lowest BCUT2D eigenvalue weighted by Crippen LogP contribution is -2.55. The van der Waals surface area contributed by atoms with Gasteiger partial charge in [-0.25, -0.2) is 9.59 Å². The Morgan fingerprint density at radius 1 is 1.50 bits per heavy atom. The maximum Gasteiger partial charge on any atom is 0.327 e. The number of nitrogens with zero attached hydrogens (tertiary/aromatic N) is 2. The molecule has 1 atom stereocenters. The highest BCUT2D eigenvalue weighted by atomic mass is 32.2. The van der Waals surface area contributed by atoms with Gasteiger partial charge in [0.05, 0.1) is 6.61 Å². The lowest BCUT2D eigenvalue weighted by molar-refractivity contribution is -0.141. The van der Waals surface area contributed by atoms with Gasteiger partial charge in [-0.05, 0) is 12.0 Å². The fraction of sp³-hybridized carbons (Fsp3) is 0.692. The van der Waals surface area contributed by atoms with Crippen molar-refractivity contribution in [1.82, 2.24) is 9.80 Å². The topological polar surface area (TPSA) is 70.1 Å². The number of carboxylic acids is 1. The molecule has 7 heteroatoms. The third-order valence-electron chi connectivity index (χ3n) is 3.56. The van der Waals surface area contributed by atoms with Gasteiger partial charge in [0, 0.05) is 38.2 Å². The highest BCUT2D eigenvalue weighted by Gasteiger charge is 2.34. The van der Waals surface area contributed by atoms with E-state index in [1.807, 2.05) is 6.08 Å². The van der Waals surface area contributed by atoms with Crippen LogP contribution in [0.15, 0.2) is 11.6 Å². The largest absolute Gasteiger partial charge is 0.480 e. The van der Waals surface area contributed by atoms with Crippen molar-refractivity contribution in [2.45, 2.75) is 12.5 Å². The number of carboxylic acid groups (broad SMARTS) is 1. The number of methoxy groups -OCH3 is 1. The quantitative estimate of drug-likeness (QED) is 0.784. The maximum atomic E-state index is 12.5. The number of aliphatic carboxylic acids is 1. The molecule has 2 amide bonds. The molecular weight excluding hydrogens is 280 g/mol. The Balaban J connectivity index is 1.98. The smallest absolute Gasteiger partial charge is 0.327 e. The Kier molecular flexibility index (Phi) is 5.31. The first-order valence-electron chi connectivity index (χ1n) is 6.66. The molecule has 1 saturated heterocycles. The number of carbonyl (C=O) groups is 2. The van der Waals surface area contributed by atoms with E-state index in [1.165, 1.54) is 10.5 Å². The molecule has 1 unspecified atom stereocenters. The van der Waals surface area contributed by atoms with E-state index < -0.39 is 12.0 Å². The van der Waals surface area contributed by atoms with Crippen LogP contribution in [0.2, 0.25) is 0 Å². The van der Waals surface area contributed by atoms with Crippen molar-refractivity contribution in [1.29, 1.82) is 0 Å². The molecule has 0 aliphatic carbocycles. The van der Waals surface area contributed by atoms with Gasteiger partial charge >= 0.3 is 12.0 Å². The second-order valence-corrected chi connectivity index (χ2v) is 6.05. The van der Waals surface area contributed by atoms with Gasteiger partial charge in [-0.3, -0.25) is 0 Å². The number of urea groups is 1. The Labute approximate surface area is 122 Å². The molecule has 20 heavy (non-hydrogen) atoms. The highest BCUT2D eigenvalue weighted by Crippen LogP contribution is 2.20. The van der Waals surface area contributed by atoms with Gasteiger partial charge in [-0.1, -0.05) is 6.08 Å². The van der Waals surface area contributed by atoms with Gasteiger partial charge in [0.25, 0.3) is 0 Å². The molecule has 2 aliphatic rings. The van der Waals surface area contributed by atoms with Crippen LogP contribution in [0.4, 0.5) is 4.79 Å². The number of amides is 2. The minimum atomic E-state index is -0.918. The van der Waals surface area contributed by atoms with Gasteiger partial charge in [-0.2, -0.15) is 11.8 Å². The molecule has 1 N–H and O–H groups in total. The van der Waals surface area contributed by atoms with E-state index in [0.29, 0.717) is 32.0 Å². The summed E-state index contributed by atoms with van der Waals surface area (Å²) in [5, 5.41) is 9.21. The van der Waals surface area contributed by atoms with Crippen molar-refractivity contribution in [3.63, 3.8) is 0 Å². The van der Waals surface area contributed by atoms with E-state index in [1.54, 1.807) is 23.8 Å². The van der Waals surface area contributed by atoms with Gasteiger partial charge in [0.1, 0.15) is 6.04 Å². The molecule has 0 aromatic rings. The zero-order valence-electron chi connectivity index (χ0n) is 11.6. The number of thioether (sulfide) groups is 1. The van der Waals surface area contributed by atoms with E-state index >= 15 is 0 Å². The molecule has 112 valence electrons. The molecule has 2 aliphatic heterocycles. The average molecular weight is 300 g/mol. The number of carbonyl (C=O) groups excluding carboxylic acids is 1. The van der Waals surface area contributed by atoms with Gasteiger partial charge in [-0.15, -0.1) is 0 Å². The first kappa shape index (κ1) is 15.2. The van der Waals surface area contributed by atoms with Crippen molar-refractivity contribution >= 4 is 23.8 Å². The molecule has 0 bridgehead atoms. The molecular formula is C13H20N2O4S. The fourth-order valence-electron chi connectivity index (χ4n) is 2.42. The zero-order chi connectivity index (χ0) is 14.5. The molecule has 1 fully saturated rings. The predicted octanol–water partition coefficient (Wildman–Crippen LogP) is 0.887. The first-order valence-corrected chi connectivity index (χ1v) is 7.82. The van der Waals surface area contributed by atoms with Crippen molar-refractivity contribution in [3.8, 4) is 0 Å². The maximum absolute atomic E-state index is 12.5. The van der Waals surface area contributed by atoms with E-state index in [2.05, 4.69) is 0 Å². The number of hydrogen-bond donors (Lipinski definition) is 1. The van der Waals surface area contributed by atoms with Crippen LogP contribution in [0.1, 0.15) is 6.42 Å². The van der Waals surface area contributed by atoms with Gasteiger partial charge in [0.15, 0.2) is 0 Å². The van der Waals surface area contributed by atoms with E-state index in [9.17, 15) is 14.7 Å². The van der Waals surface area contributed by atoms with Gasteiger partial charge < -0.3 is 19.6 Å². The van der Waals surface area contributed by atoms with Crippen molar-refractivity contribution in [2.75, 3.05) is 44.9 Å². The third-order valence-corrected chi connectivity index (χ3v) is 4.59. The van der Waals surface area contributed by atoms with Crippen LogP contribution in [0.25, 0.3) is 0 Å². The summed E-state index contributed by atoms with van der Waals surface area (Å²) in [4.78, 5) is 26.9. The second kappa shape index (κ2) is 6.99. The molecule has 0 aromatic heterocycles. The molecule has 2 rings (SSSR count). The van der Waals surface area contributed by atoms with Crippen LogP contribution in [0.5, 0.6) is 0 Å². The monoisotopic (exact) mass is 300 g/mol. The second-order valence-electron chi connectivity index (χ2n) is 4.90. The SMILES string of the molecule is COCC1=CCN(C(=O)N2CCSCC2C(=O)O)CC1. The predicted molar refractivity (Wildman–Crippen MR) is 77.0 cm³/mol. The van der Waals surface area contributed by atoms with Crippen LogP contribution in [0, 0.1) is 0 Å². The first-order chi connectivity index (χ1) is 9.63. The average Bonchev–Trinajstić information content (AvgIpc) is 2.47. The molecule has 0 aromatic carbocycles. The Morgan fingerprint density at radius 3 is 2.90 bits per heavy atom. The van der Waals surface area contributed by atoms with Crippen molar-refractivity contribution in [2.24, 2.45) is 0 Å². The van der Waals surface area contributed by atoms with Crippen LogP contribution in [0.3, 0.4) is 0 Å². The third kappa shape index (κ3) is 3.46. The van der Waals surface area contributed by atoms with Gasteiger partial charge in [0.2, 0.25) is 0 Å². The molecule has 0 saturated carbocycles. The summed E-state index contributed by atoms with van der Waals surface area (Å²) in [6.45, 7) is 2.27. The van der Waals surface area contributed by atoms with E-state index in [0.717, 1.165) is 12.2 Å². The normalized spacial score (nSPS) is 23.4. The summed E-state index contributed by atoms with van der Waals surface area (Å²) < 4.78 is 5.08. The summed E-state index contributed by atoms with van der Waals surface area (Å²) in [6, 6.07) is -0.865. The lowest BCUT2D eigenvalue weighted by atomic mass is 10.1. The summed E-state index contributed by atoms with van der Waals surface area (Å²) in [7, 11) is 1.65. The standard InChI is InChI=1S/C13H20N2O4S/c1-19-8-10-2-4-14(5-3-10)13(18)15-6-7-20-9-11(15)12(16)17/h2,11H,3-9H2,1H3,(H,16,17). The number of rotatable bonds is 3. The zero-order valence-corrected chi connectivity index (χ0v) is 12.4. The number of ether oxygens (including phenoxy) is 1. The minimum Gasteiger partial charge on any atom is -0.480 e. The summed E-state index contributed by atoms with van der Waals surface area (Å²) >= 11 is 1.58. The van der Waals surface area contributed by atoms with Crippen LogP contribution >= 0.6 is 11.8 Å². The van der Waals surface area contributed by atoms with E-state index in [4.69, 9.17) is 4.74 Å². The summed E-state index contributed by atoms with van der Waals surface area (Å²) in [6.07, 6.45) is 2.79. The molecule has 2 heterocycles. The molecule has 0 radical (unpaired) electrons. The lowest BCUT2D eigenvalue weighted by Gasteiger charge is -2.37. The Morgan fingerprint density at radius 2 is 2.30 bits per heavy atom. The Bertz CT molecular complexity index is 413. The summed E-state index contributed by atoms with van der Waals surface area (Å²) in [5.41, 5.74) is 1.19. The minimum absolute atomic E-state index is 0.162. The van der Waals surface area contributed by atoms with Crippen molar-refractivity contribution < 1.29 is 19.4 Å². The summed E-state index contributed by atoms with van der Waals surface area (Å²) in [5.74, 6) is 0.353.